The summed E-state index contributed by atoms with van der Waals surface area (Å²) >= 11 is 6.33. The highest BCUT2D eigenvalue weighted by atomic mass is 35.5. The molecule has 0 radical (unpaired) electrons. The Balaban J connectivity index is 1.79. The molecule has 20 heavy (non-hydrogen) atoms. The maximum atomic E-state index is 6.33. The summed E-state index contributed by atoms with van der Waals surface area (Å²) in [6.45, 7) is 1.16. The van der Waals surface area contributed by atoms with Gasteiger partial charge in [-0.15, -0.1) is 0 Å². The molecule has 3 rings (SSSR count). The zero-order valence-electron chi connectivity index (χ0n) is 11.7. The highest BCUT2D eigenvalue weighted by Gasteiger charge is 2.26. The van der Waals surface area contributed by atoms with Gasteiger partial charge in [0.25, 0.3) is 0 Å². The van der Waals surface area contributed by atoms with Crippen molar-refractivity contribution in [1.29, 1.82) is 0 Å². The van der Waals surface area contributed by atoms with Crippen LogP contribution in [0.25, 0.3) is 0 Å². The Bertz CT molecular complexity index is 480. The number of ether oxygens (including phenoxy) is 3. The average molecular weight is 298 g/mol. The first-order valence-electron chi connectivity index (χ1n) is 7.16. The van der Waals surface area contributed by atoms with Crippen molar-refractivity contribution in [2.75, 3.05) is 25.6 Å². The number of hydrogen-bond donors (Lipinski definition) is 1. The number of anilines is 1. The molecular weight excluding hydrogens is 278 g/mol. The highest BCUT2D eigenvalue weighted by molar-refractivity contribution is 6.33. The fourth-order valence-electron chi connectivity index (χ4n) is 2.92. The molecule has 0 spiro atoms. The molecule has 1 aromatic carbocycles. The first kappa shape index (κ1) is 13.8. The van der Waals surface area contributed by atoms with Crippen molar-refractivity contribution in [2.24, 2.45) is 0 Å². The summed E-state index contributed by atoms with van der Waals surface area (Å²) < 4.78 is 16.7. The number of hydrogen-bond acceptors (Lipinski definition) is 4. The van der Waals surface area contributed by atoms with Gasteiger partial charge in [-0.05, 0) is 12.8 Å². The van der Waals surface area contributed by atoms with Crippen molar-refractivity contribution in [3.8, 4) is 11.5 Å². The summed E-state index contributed by atoms with van der Waals surface area (Å²) in [6.07, 6.45) is 4.89. The standard InChI is InChI=1S/C15H20ClNO3/c1-18-13-5-3-2-4-11(13)17-12-9-15-14(8-10(12)16)19-6-7-20-15/h8-9,11,13,17H,2-7H2,1H3. The van der Waals surface area contributed by atoms with E-state index in [9.17, 15) is 0 Å². The summed E-state index contributed by atoms with van der Waals surface area (Å²) in [7, 11) is 1.77. The van der Waals surface area contributed by atoms with Crippen LogP contribution in [0.3, 0.4) is 0 Å². The minimum atomic E-state index is 0.244. The minimum Gasteiger partial charge on any atom is -0.486 e. The van der Waals surface area contributed by atoms with Gasteiger partial charge in [0.2, 0.25) is 0 Å². The van der Waals surface area contributed by atoms with E-state index >= 15 is 0 Å². The number of fused-ring (bicyclic) bond motifs is 1. The van der Waals surface area contributed by atoms with Crippen LogP contribution in [0.1, 0.15) is 25.7 Å². The van der Waals surface area contributed by atoms with Gasteiger partial charge in [0.05, 0.1) is 22.9 Å². The minimum absolute atomic E-state index is 0.244. The van der Waals surface area contributed by atoms with Crippen LogP contribution < -0.4 is 14.8 Å². The van der Waals surface area contributed by atoms with Gasteiger partial charge in [-0.1, -0.05) is 24.4 Å². The van der Waals surface area contributed by atoms with Gasteiger partial charge in [-0.2, -0.15) is 0 Å². The van der Waals surface area contributed by atoms with Crippen LogP contribution in [0.15, 0.2) is 12.1 Å². The fraction of sp³-hybridized carbons (Fsp3) is 0.600. The van der Waals surface area contributed by atoms with Gasteiger partial charge in [0, 0.05) is 19.2 Å². The molecule has 2 unspecified atom stereocenters. The maximum Gasteiger partial charge on any atom is 0.163 e. The van der Waals surface area contributed by atoms with E-state index < -0.39 is 0 Å². The Morgan fingerprint density at radius 2 is 1.85 bits per heavy atom. The van der Waals surface area contributed by atoms with Gasteiger partial charge < -0.3 is 19.5 Å². The first-order chi connectivity index (χ1) is 9.78. The molecule has 1 N–H and O–H groups in total. The molecule has 4 nitrogen and oxygen atoms in total. The summed E-state index contributed by atoms with van der Waals surface area (Å²) in [5.41, 5.74) is 0.893. The summed E-state index contributed by atoms with van der Waals surface area (Å²) in [6, 6.07) is 4.05. The largest absolute Gasteiger partial charge is 0.486 e. The van der Waals surface area contributed by atoms with Crippen molar-refractivity contribution < 1.29 is 14.2 Å². The van der Waals surface area contributed by atoms with E-state index in [1.807, 2.05) is 12.1 Å². The first-order valence-corrected chi connectivity index (χ1v) is 7.54. The number of halogens is 1. The fourth-order valence-corrected chi connectivity index (χ4v) is 3.13. The zero-order chi connectivity index (χ0) is 13.9. The molecule has 1 fully saturated rings. The molecule has 1 aliphatic heterocycles. The molecular formula is C15H20ClNO3. The van der Waals surface area contributed by atoms with Crippen LogP contribution in [0.5, 0.6) is 11.5 Å². The molecule has 0 amide bonds. The zero-order valence-corrected chi connectivity index (χ0v) is 12.4. The van der Waals surface area contributed by atoms with Gasteiger partial charge in [0.15, 0.2) is 11.5 Å². The molecule has 0 saturated heterocycles. The summed E-state index contributed by atoms with van der Waals surface area (Å²) in [4.78, 5) is 0. The van der Waals surface area contributed by atoms with Gasteiger partial charge in [0.1, 0.15) is 13.2 Å². The normalized spacial score (nSPS) is 25.3. The molecule has 0 bridgehead atoms. The van der Waals surface area contributed by atoms with Crippen LogP contribution in [0.4, 0.5) is 5.69 Å². The van der Waals surface area contributed by atoms with E-state index in [0.29, 0.717) is 24.3 Å². The Labute approximate surface area is 124 Å². The smallest absolute Gasteiger partial charge is 0.163 e. The van der Waals surface area contributed by atoms with E-state index in [1.54, 1.807) is 7.11 Å². The van der Waals surface area contributed by atoms with E-state index in [-0.39, 0.29) is 6.10 Å². The van der Waals surface area contributed by atoms with Crippen molar-refractivity contribution in [1.82, 2.24) is 0 Å². The lowest BCUT2D eigenvalue weighted by atomic mass is 9.92. The molecule has 2 aliphatic rings. The van der Waals surface area contributed by atoms with E-state index in [0.717, 1.165) is 30.0 Å². The lowest BCUT2D eigenvalue weighted by molar-refractivity contribution is 0.0606. The Morgan fingerprint density at radius 3 is 2.60 bits per heavy atom. The second-order valence-corrected chi connectivity index (χ2v) is 5.69. The predicted octanol–water partition coefficient (Wildman–Crippen LogP) is 3.48. The molecule has 5 heteroatoms. The molecule has 110 valence electrons. The number of methoxy groups -OCH3 is 1. The van der Waals surface area contributed by atoms with Crippen LogP contribution in [-0.2, 0) is 4.74 Å². The molecule has 1 aliphatic carbocycles. The third-order valence-electron chi connectivity index (χ3n) is 3.98. The lowest BCUT2D eigenvalue weighted by Crippen LogP contribution is -2.37. The van der Waals surface area contributed by atoms with Crippen molar-refractivity contribution in [2.45, 2.75) is 37.8 Å². The molecule has 1 heterocycles. The van der Waals surface area contributed by atoms with Crippen LogP contribution in [-0.4, -0.2) is 32.5 Å². The molecule has 2 atom stereocenters. The Kier molecular flexibility index (Phi) is 4.22. The van der Waals surface area contributed by atoms with E-state index in [1.165, 1.54) is 12.8 Å². The maximum absolute atomic E-state index is 6.33. The second-order valence-electron chi connectivity index (χ2n) is 5.29. The third kappa shape index (κ3) is 2.81. The summed E-state index contributed by atoms with van der Waals surface area (Å²) in [5, 5.41) is 4.17. The quantitative estimate of drug-likeness (QED) is 0.927. The summed E-state index contributed by atoms with van der Waals surface area (Å²) in [5.74, 6) is 1.48. The van der Waals surface area contributed by atoms with E-state index in [4.69, 9.17) is 25.8 Å². The van der Waals surface area contributed by atoms with Crippen LogP contribution >= 0.6 is 11.6 Å². The number of rotatable bonds is 3. The lowest BCUT2D eigenvalue weighted by Gasteiger charge is -2.32. The monoisotopic (exact) mass is 297 g/mol. The second kappa shape index (κ2) is 6.10. The van der Waals surface area contributed by atoms with Crippen LogP contribution in [0.2, 0.25) is 5.02 Å². The predicted molar refractivity (Wildman–Crippen MR) is 79.1 cm³/mol. The molecule has 1 aromatic rings. The topological polar surface area (TPSA) is 39.7 Å². The van der Waals surface area contributed by atoms with Crippen molar-refractivity contribution in [3.05, 3.63) is 17.2 Å². The van der Waals surface area contributed by atoms with E-state index in [2.05, 4.69) is 5.32 Å². The van der Waals surface area contributed by atoms with Gasteiger partial charge >= 0.3 is 0 Å². The Hall–Kier alpha value is -1.13. The Morgan fingerprint density at radius 1 is 1.15 bits per heavy atom. The highest BCUT2D eigenvalue weighted by Crippen LogP contribution is 2.39. The van der Waals surface area contributed by atoms with Crippen LogP contribution in [0, 0.1) is 0 Å². The molecule has 1 saturated carbocycles. The number of benzene rings is 1. The van der Waals surface area contributed by atoms with Crippen molar-refractivity contribution in [3.63, 3.8) is 0 Å². The molecule has 0 aromatic heterocycles. The average Bonchev–Trinajstić information content (AvgIpc) is 2.48. The van der Waals surface area contributed by atoms with Crippen molar-refractivity contribution >= 4 is 17.3 Å². The third-order valence-corrected chi connectivity index (χ3v) is 4.29. The SMILES string of the molecule is COC1CCCCC1Nc1cc2c(cc1Cl)OCCO2. The van der Waals surface area contributed by atoms with Gasteiger partial charge in [-0.25, -0.2) is 0 Å². The van der Waals surface area contributed by atoms with Gasteiger partial charge in [-0.3, -0.25) is 0 Å². The number of nitrogens with one attached hydrogen (secondary N) is 1.